The highest BCUT2D eigenvalue weighted by atomic mass is 19.4. The predicted molar refractivity (Wildman–Crippen MR) is 96.0 cm³/mol. The highest BCUT2D eigenvalue weighted by molar-refractivity contribution is 5.95. The van der Waals surface area contributed by atoms with Crippen molar-refractivity contribution in [2.24, 2.45) is 5.73 Å². The molecule has 0 fully saturated rings. The smallest absolute Gasteiger partial charge is 0.433 e. The number of rotatable bonds is 7. The second-order valence-corrected chi connectivity index (χ2v) is 5.82. The molecule has 4 N–H and O–H groups in total. The molecule has 0 aliphatic rings. The van der Waals surface area contributed by atoms with Crippen molar-refractivity contribution in [2.45, 2.75) is 25.2 Å². The van der Waals surface area contributed by atoms with Crippen LogP contribution in [0.2, 0.25) is 0 Å². The number of hydrogen-bond donors (Lipinski definition) is 3. The molecule has 152 valence electrons. The van der Waals surface area contributed by atoms with Gasteiger partial charge in [0, 0.05) is 18.2 Å². The van der Waals surface area contributed by atoms with Gasteiger partial charge in [0.2, 0.25) is 5.88 Å². The Labute approximate surface area is 163 Å². The Morgan fingerprint density at radius 3 is 2.62 bits per heavy atom. The highest BCUT2D eigenvalue weighted by Crippen LogP contribution is 2.31. The summed E-state index contributed by atoms with van der Waals surface area (Å²) in [6.07, 6.45) is 0.0480. The zero-order valence-corrected chi connectivity index (χ0v) is 14.9. The van der Waals surface area contributed by atoms with Crippen molar-refractivity contribution in [3.63, 3.8) is 0 Å². The van der Waals surface area contributed by atoms with E-state index in [0.29, 0.717) is 0 Å². The lowest BCUT2D eigenvalue weighted by Crippen LogP contribution is -2.35. The van der Waals surface area contributed by atoms with Crippen molar-refractivity contribution in [3.8, 4) is 24.0 Å². The number of nitrogens with zero attached hydrogens (tertiary/aromatic N) is 1. The van der Waals surface area contributed by atoms with Gasteiger partial charge in [0.25, 0.3) is 5.91 Å². The number of nitrogens with two attached hydrogens (primary N) is 1. The fourth-order valence-electron chi connectivity index (χ4n) is 2.26. The molecule has 1 amide bonds. The second-order valence-electron chi connectivity index (χ2n) is 5.82. The number of nitrogens with one attached hydrogen (secondary N) is 1. The fraction of sp³-hybridized carbons (Fsp3) is 0.211. The Bertz CT molecular complexity index is 954. The Balaban J connectivity index is 2.23. The number of carboxylic acids is 1. The molecule has 0 saturated carbocycles. The lowest BCUT2D eigenvalue weighted by atomic mass is 10.1. The molecule has 0 aliphatic heterocycles. The standard InChI is InChI=1S/C19H16F3N3O4/c1-2-13(9-17(26)27)24-18(28)12-4-3-5-14(8-12)29-16-7-11(10-23)6-15(25-16)19(20,21)22/h1,3-8,13H,9-10,23H2,(H,24,28)(H,26,27)/t13-/m0/s1. The molecule has 0 spiro atoms. The summed E-state index contributed by atoms with van der Waals surface area (Å²) in [6.45, 7) is -0.151. The third kappa shape index (κ3) is 6.22. The van der Waals surface area contributed by atoms with Crippen molar-refractivity contribution in [2.75, 3.05) is 0 Å². The van der Waals surface area contributed by atoms with E-state index in [-0.39, 0.29) is 29.3 Å². The maximum Gasteiger partial charge on any atom is 0.433 e. The topological polar surface area (TPSA) is 115 Å². The third-order valence-electron chi connectivity index (χ3n) is 3.59. The summed E-state index contributed by atoms with van der Waals surface area (Å²) >= 11 is 0. The quantitative estimate of drug-likeness (QED) is 0.608. The monoisotopic (exact) mass is 407 g/mol. The van der Waals surface area contributed by atoms with Gasteiger partial charge in [-0.3, -0.25) is 9.59 Å². The first-order valence-electron chi connectivity index (χ1n) is 8.17. The van der Waals surface area contributed by atoms with Crippen molar-refractivity contribution in [3.05, 3.63) is 53.2 Å². The summed E-state index contributed by atoms with van der Waals surface area (Å²) in [5.74, 6) is 0.000133. The number of alkyl halides is 3. The van der Waals surface area contributed by atoms with Crippen LogP contribution in [-0.2, 0) is 17.5 Å². The number of benzene rings is 1. The van der Waals surface area contributed by atoms with Crippen LogP contribution in [0, 0.1) is 12.3 Å². The Morgan fingerprint density at radius 1 is 1.31 bits per heavy atom. The van der Waals surface area contributed by atoms with Crippen LogP contribution in [-0.4, -0.2) is 28.0 Å². The molecule has 0 radical (unpaired) electrons. The number of amides is 1. The van der Waals surface area contributed by atoms with Crippen LogP contribution in [0.3, 0.4) is 0 Å². The van der Waals surface area contributed by atoms with E-state index in [1.165, 1.54) is 30.3 Å². The van der Waals surface area contributed by atoms with E-state index in [4.69, 9.17) is 22.0 Å². The fourth-order valence-corrected chi connectivity index (χ4v) is 2.26. The van der Waals surface area contributed by atoms with Gasteiger partial charge in [0.05, 0.1) is 6.42 Å². The lowest BCUT2D eigenvalue weighted by Gasteiger charge is -2.13. The van der Waals surface area contributed by atoms with Crippen LogP contribution in [0.5, 0.6) is 11.6 Å². The van der Waals surface area contributed by atoms with Crippen molar-refractivity contribution >= 4 is 11.9 Å². The highest BCUT2D eigenvalue weighted by Gasteiger charge is 2.33. The molecule has 7 nitrogen and oxygen atoms in total. The second kappa shape index (κ2) is 9.07. The Morgan fingerprint density at radius 2 is 2.03 bits per heavy atom. The first-order valence-corrected chi connectivity index (χ1v) is 8.17. The number of ether oxygens (including phenoxy) is 1. The van der Waals surface area contributed by atoms with E-state index in [1.54, 1.807) is 0 Å². The zero-order valence-electron chi connectivity index (χ0n) is 14.9. The minimum absolute atomic E-state index is 0.0444. The van der Waals surface area contributed by atoms with Crippen LogP contribution < -0.4 is 15.8 Å². The third-order valence-corrected chi connectivity index (χ3v) is 3.59. The van der Waals surface area contributed by atoms with E-state index in [2.05, 4.69) is 16.2 Å². The van der Waals surface area contributed by atoms with Gasteiger partial charge >= 0.3 is 12.1 Å². The van der Waals surface area contributed by atoms with Crippen molar-refractivity contribution in [1.82, 2.24) is 10.3 Å². The minimum atomic E-state index is -4.68. The van der Waals surface area contributed by atoms with E-state index in [9.17, 15) is 22.8 Å². The Hall–Kier alpha value is -3.58. The number of hydrogen-bond acceptors (Lipinski definition) is 5. The van der Waals surface area contributed by atoms with Gasteiger partial charge < -0.3 is 20.9 Å². The molecule has 2 rings (SSSR count). The molecular formula is C19H16F3N3O4. The molecular weight excluding hydrogens is 391 g/mol. The minimum Gasteiger partial charge on any atom is -0.481 e. The Kier molecular flexibility index (Phi) is 6.80. The molecule has 1 atom stereocenters. The van der Waals surface area contributed by atoms with Gasteiger partial charge in [-0.25, -0.2) is 4.98 Å². The number of halogens is 3. The average Bonchev–Trinajstić information content (AvgIpc) is 2.66. The van der Waals surface area contributed by atoms with Crippen LogP contribution in [0.25, 0.3) is 0 Å². The molecule has 10 heteroatoms. The first-order chi connectivity index (χ1) is 13.6. The number of aliphatic carboxylic acids is 1. The summed E-state index contributed by atoms with van der Waals surface area (Å²) < 4.78 is 44.3. The van der Waals surface area contributed by atoms with Gasteiger partial charge in [-0.15, -0.1) is 6.42 Å². The SMILES string of the molecule is C#C[C@@H](CC(=O)O)NC(=O)c1cccc(Oc2cc(CN)cc(C(F)(F)F)n2)c1. The number of carbonyl (C=O) groups excluding carboxylic acids is 1. The molecule has 0 saturated heterocycles. The van der Waals surface area contributed by atoms with Crippen molar-refractivity contribution in [1.29, 1.82) is 0 Å². The van der Waals surface area contributed by atoms with Gasteiger partial charge in [-0.05, 0) is 29.8 Å². The molecule has 29 heavy (non-hydrogen) atoms. The summed E-state index contributed by atoms with van der Waals surface area (Å²) in [7, 11) is 0. The van der Waals surface area contributed by atoms with Crippen LogP contribution in [0.15, 0.2) is 36.4 Å². The number of carbonyl (C=O) groups is 2. The van der Waals surface area contributed by atoms with E-state index in [1.807, 2.05) is 0 Å². The average molecular weight is 407 g/mol. The summed E-state index contributed by atoms with van der Waals surface area (Å²) in [5.41, 5.74) is 4.50. The van der Waals surface area contributed by atoms with Crippen LogP contribution in [0.4, 0.5) is 13.2 Å². The first kappa shape index (κ1) is 21.7. The zero-order chi connectivity index (χ0) is 21.6. The van der Waals surface area contributed by atoms with Crippen LogP contribution in [0.1, 0.15) is 28.0 Å². The van der Waals surface area contributed by atoms with Crippen molar-refractivity contribution < 1.29 is 32.6 Å². The van der Waals surface area contributed by atoms with E-state index >= 15 is 0 Å². The molecule has 1 aromatic heterocycles. The molecule has 0 bridgehead atoms. The predicted octanol–water partition coefficient (Wildman–Crippen LogP) is 2.56. The molecule has 0 aliphatic carbocycles. The molecule has 0 unspecified atom stereocenters. The van der Waals surface area contributed by atoms with Gasteiger partial charge in [-0.1, -0.05) is 12.0 Å². The summed E-state index contributed by atoms with van der Waals surface area (Å²) in [5, 5.41) is 11.1. The largest absolute Gasteiger partial charge is 0.481 e. The lowest BCUT2D eigenvalue weighted by molar-refractivity contribution is -0.141. The van der Waals surface area contributed by atoms with E-state index in [0.717, 1.165) is 6.07 Å². The van der Waals surface area contributed by atoms with E-state index < -0.39 is 36.2 Å². The number of aromatic nitrogens is 1. The number of carboxylic acid groups (broad SMARTS) is 1. The molecule has 1 aromatic carbocycles. The number of pyridine rings is 1. The van der Waals surface area contributed by atoms with Gasteiger partial charge in [-0.2, -0.15) is 13.2 Å². The maximum atomic E-state index is 13.0. The van der Waals surface area contributed by atoms with Gasteiger partial charge in [0.15, 0.2) is 0 Å². The molecule has 1 heterocycles. The number of terminal acetylenes is 1. The molecule has 2 aromatic rings. The summed E-state index contributed by atoms with van der Waals surface area (Å²) in [4.78, 5) is 26.4. The van der Waals surface area contributed by atoms with Gasteiger partial charge in [0.1, 0.15) is 17.5 Å². The maximum absolute atomic E-state index is 13.0. The summed E-state index contributed by atoms with van der Waals surface area (Å²) in [6, 6.07) is 6.56. The normalized spacial score (nSPS) is 12.0. The van der Waals surface area contributed by atoms with Crippen LogP contribution >= 0.6 is 0 Å².